The van der Waals surface area contributed by atoms with Crippen LogP contribution in [0, 0.1) is 13.5 Å². The third kappa shape index (κ3) is 4.02. The van der Waals surface area contributed by atoms with Gasteiger partial charge in [-0.3, -0.25) is 0 Å². The van der Waals surface area contributed by atoms with E-state index < -0.39 is 0 Å². The van der Waals surface area contributed by atoms with E-state index in [0.29, 0.717) is 0 Å². The molecule has 0 aliphatic rings. The van der Waals surface area contributed by atoms with Gasteiger partial charge in [-0.15, -0.1) is 12.1 Å². The van der Waals surface area contributed by atoms with Crippen LogP contribution in [0.4, 0.5) is 0 Å². The van der Waals surface area contributed by atoms with E-state index in [0.717, 1.165) is 5.75 Å². The van der Waals surface area contributed by atoms with Gasteiger partial charge >= 0.3 is 0 Å². The van der Waals surface area contributed by atoms with E-state index in [9.17, 15) is 0 Å². The van der Waals surface area contributed by atoms with Crippen LogP contribution in [0.5, 0.6) is 5.75 Å². The number of ether oxygens (including phenoxy) is 1. The molecule has 0 bridgehead atoms. The zero-order valence-corrected chi connectivity index (χ0v) is 9.13. The zero-order valence-electron chi connectivity index (χ0n) is 6.29. The van der Waals surface area contributed by atoms with Gasteiger partial charge in [0.15, 0.2) is 0 Å². The Morgan fingerprint density at radius 2 is 1.80 bits per heavy atom. The molecule has 0 saturated heterocycles. The maximum absolute atomic E-state index is 4.89. The maximum atomic E-state index is 4.89. The average Bonchev–Trinajstić information content (AvgIpc) is 1.90. The van der Waals surface area contributed by atoms with Gasteiger partial charge in [0.1, 0.15) is 0 Å². The van der Waals surface area contributed by atoms with Gasteiger partial charge in [0.2, 0.25) is 0 Å². The number of hydrogen-bond acceptors (Lipinski definition) is 1. The second-order valence-electron chi connectivity index (χ2n) is 1.44. The van der Waals surface area contributed by atoms with Crippen molar-refractivity contribution in [3.8, 4) is 5.75 Å². The van der Waals surface area contributed by atoms with Crippen LogP contribution in [-0.2, 0) is 32.7 Å². The van der Waals surface area contributed by atoms with Gasteiger partial charge in [0, 0.05) is 38.5 Å². The third-order valence-corrected chi connectivity index (χ3v) is 0.923. The molecule has 0 atom stereocenters. The molecule has 1 radical (unpaired) electrons. The third-order valence-electron chi connectivity index (χ3n) is 0.923. The predicted octanol–water partition coefficient (Wildman–Crippen LogP) is 1.94. The Morgan fingerprint density at radius 1 is 1.30 bits per heavy atom. The Morgan fingerprint density at radius 3 is 2.10 bits per heavy atom. The summed E-state index contributed by atoms with van der Waals surface area (Å²) in [7, 11) is 1.65. The Kier molecular flexibility index (Phi) is 9.24. The van der Waals surface area contributed by atoms with Crippen molar-refractivity contribution in [2.45, 2.75) is 0 Å². The first-order chi connectivity index (χ1) is 3.93. The van der Waals surface area contributed by atoms with Crippen molar-refractivity contribution in [3.63, 3.8) is 0 Å². The molecule has 0 aromatic heterocycles. The van der Waals surface area contributed by atoms with Gasteiger partial charge in [-0.1, -0.05) is 0 Å². The number of rotatable bonds is 1. The van der Waals surface area contributed by atoms with E-state index in [1.165, 1.54) is 0 Å². The number of methoxy groups -OCH3 is 1. The largest absolute Gasteiger partial charge is 0.522 e. The van der Waals surface area contributed by atoms with E-state index in [1.54, 1.807) is 7.11 Å². The van der Waals surface area contributed by atoms with E-state index in [-0.39, 0.29) is 40.1 Å². The molecule has 0 amide bonds. The van der Waals surface area contributed by atoms with Crippen LogP contribution in [-0.4, -0.2) is 7.11 Å². The molecule has 1 aromatic carbocycles. The first kappa shape index (κ1) is 12.8. The molecule has 0 unspecified atom stereocenters. The normalized spacial score (nSPS) is 6.90. The molecule has 0 aliphatic carbocycles. The zero-order chi connectivity index (χ0) is 5.82. The number of hydrogen-bond donors (Lipinski definition) is 0. The molecule has 0 heterocycles. The van der Waals surface area contributed by atoms with Crippen molar-refractivity contribution in [2.75, 3.05) is 7.11 Å². The average molecular weight is 211 g/mol. The van der Waals surface area contributed by atoms with Crippen LogP contribution in [0.1, 0.15) is 0 Å². The van der Waals surface area contributed by atoms with Gasteiger partial charge in [-0.25, -0.2) is 0 Å². The molecule has 2 heteroatoms. The van der Waals surface area contributed by atoms with Gasteiger partial charge < -0.3 is 12.2 Å². The molecule has 0 fully saturated rings. The van der Waals surface area contributed by atoms with Gasteiger partial charge in [-0.2, -0.15) is 18.2 Å². The molecule has 0 saturated carbocycles. The van der Waals surface area contributed by atoms with Crippen molar-refractivity contribution in [1.29, 1.82) is 0 Å². The fraction of sp³-hybridized carbons (Fsp3) is 0.125. The van der Waals surface area contributed by atoms with Crippen LogP contribution in [0.15, 0.2) is 24.3 Å². The number of benzene rings is 1. The molecule has 0 spiro atoms. The minimum Gasteiger partial charge on any atom is -0.522 e. The Bertz CT molecular complexity index is 151. The Labute approximate surface area is 87.7 Å². The first-order valence-corrected chi connectivity index (χ1v) is 2.43. The topological polar surface area (TPSA) is 9.23 Å². The summed E-state index contributed by atoms with van der Waals surface area (Å²) in [6, 6.07) is 10.2. The van der Waals surface area contributed by atoms with Crippen molar-refractivity contribution in [1.82, 2.24) is 0 Å². The Balaban J connectivity index is 0. The summed E-state index contributed by atoms with van der Waals surface area (Å²) in [6.45, 7) is 0. The molecule has 1 aromatic rings. The summed E-state index contributed by atoms with van der Waals surface area (Å²) in [5.74, 6) is 0.878. The Hall–Kier alpha value is 0.124. The van der Waals surface area contributed by atoms with Crippen LogP contribution >= 0.6 is 0 Å². The second-order valence-corrected chi connectivity index (χ2v) is 1.44. The van der Waals surface area contributed by atoms with Gasteiger partial charge in [0.25, 0.3) is 0 Å². The monoisotopic (exact) mass is 211 g/mol. The molecule has 10 heavy (non-hydrogen) atoms. The molecule has 53 valence electrons. The van der Waals surface area contributed by atoms with E-state index >= 15 is 0 Å². The quantitative estimate of drug-likeness (QED) is 0.645. The van der Waals surface area contributed by atoms with Gasteiger partial charge in [0.05, 0.1) is 7.11 Å². The summed E-state index contributed by atoms with van der Waals surface area (Å²) < 4.78 is 4.89. The maximum Gasteiger partial charge on any atom is 0.0743 e. The molecule has 1 rings (SSSR count). The summed E-state index contributed by atoms with van der Waals surface area (Å²) in [4.78, 5) is 0. The second kappa shape index (κ2) is 7.23. The fourth-order valence-corrected chi connectivity index (χ4v) is 0.508. The van der Waals surface area contributed by atoms with Crippen LogP contribution < -0.4 is 4.74 Å². The van der Waals surface area contributed by atoms with Crippen LogP contribution in [0.25, 0.3) is 0 Å². The minimum absolute atomic E-state index is 0. The smallest absolute Gasteiger partial charge is 0.0743 e. The van der Waals surface area contributed by atoms with Crippen molar-refractivity contribution >= 4 is 0 Å². The first-order valence-electron chi connectivity index (χ1n) is 2.43. The summed E-state index contributed by atoms with van der Waals surface area (Å²) in [5.41, 5.74) is 0. The summed E-state index contributed by atoms with van der Waals surface area (Å²) in [6.07, 6.45) is 0. The van der Waals surface area contributed by atoms with Gasteiger partial charge in [-0.05, 0) is 0 Å². The molecule has 0 aliphatic heterocycles. The predicted molar refractivity (Wildman–Crippen MR) is 38.2 cm³/mol. The SMILES string of the molecule is COc1cc[c-]cc1.[CH3-].[Y]. The summed E-state index contributed by atoms with van der Waals surface area (Å²) in [5, 5.41) is 0. The van der Waals surface area contributed by atoms with Crippen LogP contribution in [0.3, 0.4) is 0 Å². The minimum atomic E-state index is 0. The van der Waals surface area contributed by atoms with Crippen molar-refractivity contribution < 1.29 is 37.4 Å². The van der Waals surface area contributed by atoms with E-state index in [2.05, 4.69) is 6.07 Å². The molecular formula is C8H10OY-2. The molecular weight excluding hydrogens is 201 g/mol. The van der Waals surface area contributed by atoms with Crippen molar-refractivity contribution in [2.24, 2.45) is 0 Å². The standard InChI is InChI=1S/C7H7O.CH3.Y/c1-8-7-5-3-2-4-6-7;;/h3-6H,1H3;1H3;/q2*-1;. The van der Waals surface area contributed by atoms with E-state index in [4.69, 9.17) is 4.74 Å². The van der Waals surface area contributed by atoms with Crippen LogP contribution in [0.2, 0.25) is 0 Å². The summed E-state index contributed by atoms with van der Waals surface area (Å²) >= 11 is 0. The molecule has 0 N–H and O–H groups in total. The van der Waals surface area contributed by atoms with E-state index in [1.807, 2.05) is 24.3 Å². The van der Waals surface area contributed by atoms with Crippen molar-refractivity contribution in [3.05, 3.63) is 37.8 Å². The fourth-order valence-electron chi connectivity index (χ4n) is 0.508. The molecule has 1 nitrogen and oxygen atoms in total.